The van der Waals surface area contributed by atoms with Crippen LogP contribution in [0.2, 0.25) is 0 Å². The van der Waals surface area contributed by atoms with Crippen LogP contribution < -0.4 is 10.6 Å². The molecule has 1 atom stereocenters. The molecule has 0 radical (unpaired) electrons. The van der Waals surface area contributed by atoms with Gasteiger partial charge in [0.1, 0.15) is 0 Å². The Hall–Kier alpha value is -0.0800. The van der Waals surface area contributed by atoms with Crippen molar-refractivity contribution >= 4 is 29.9 Å². The third-order valence-electron chi connectivity index (χ3n) is 4.74. The molecule has 0 amide bonds. The van der Waals surface area contributed by atoms with Crippen LogP contribution in [0.5, 0.6) is 0 Å². The van der Waals surface area contributed by atoms with Crippen LogP contribution in [-0.2, 0) is 9.47 Å². The highest BCUT2D eigenvalue weighted by atomic mass is 127. The maximum absolute atomic E-state index is 5.96. The van der Waals surface area contributed by atoms with Crippen LogP contribution in [0.25, 0.3) is 0 Å². The van der Waals surface area contributed by atoms with E-state index >= 15 is 0 Å². The summed E-state index contributed by atoms with van der Waals surface area (Å²) in [5.74, 6) is 0.891. The van der Waals surface area contributed by atoms with Crippen molar-refractivity contribution in [3.63, 3.8) is 0 Å². The lowest BCUT2D eigenvalue weighted by molar-refractivity contribution is 0.0272. The first kappa shape index (κ1) is 22.0. The van der Waals surface area contributed by atoms with Crippen LogP contribution in [0.1, 0.15) is 65.2 Å². The van der Waals surface area contributed by atoms with Crippen molar-refractivity contribution in [2.75, 3.05) is 32.8 Å². The average molecular weight is 453 g/mol. The van der Waals surface area contributed by atoms with E-state index in [0.717, 1.165) is 58.1 Å². The molecule has 0 bridgehead atoms. The zero-order valence-electron chi connectivity index (χ0n) is 15.4. The number of ether oxygens (including phenoxy) is 2. The number of aliphatic imine (C=N–C) groups is 1. The van der Waals surface area contributed by atoms with Crippen molar-refractivity contribution in [1.29, 1.82) is 0 Å². The lowest BCUT2D eigenvalue weighted by Gasteiger charge is -2.22. The molecule has 2 N–H and O–H groups in total. The van der Waals surface area contributed by atoms with E-state index < -0.39 is 0 Å². The Morgan fingerprint density at radius 1 is 1.21 bits per heavy atom. The number of halogens is 1. The SMILES string of the molecule is CCNC(=NCC1(C)CCCO1)NCCCOC1CCCCC1.I. The molecule has 0 spiro atoms. The smallest absolute Gasteiger partial charge is 0.191 e. The van der Waals surface area contributed by atoms with Gasteiger partial charge in [0.15, 0.2) is 5.96 Å². The third kappa shape index (κ3) is 8.34. The fourth-order valence-electron chi connectivity index (χ4n) is 3.31. The number of hydrogen-bond acceptors (Lipinski definition) is 3. The van der Waals surface area contributed by atoms with E-state index in [0.29, 0.717) is 6.10 Å². The lowest BCUT2D eigenvalue weighted by Crippen LogP contribution is -2.40. The first-order valence-electron chi connectivity index (χ1n) is 9.49. The Balaban J connectivity index is 0.00000288. The van der Waals surface area contributed by atoms with Gasteiger partial charge in [-0.1, -0.05) is 19.3 Å². The molecule has 2 rings (SSSR count). The quantitative estimate of drug-likeness (QED) is 0.256. The first-order chi connectivity index (χ1) is 11.2. The van der Waals surface area contributed by atoms with E-state index in [9.17, 15) is 0 Å². The van der Waals surface area contributed by atoms with Crippen molar-refractivity contribution in [3.8, 4) is 0 Å². The molecule has 1 heterocycles. The number of guanidine groups is 1. The minimum absolute atomic E-state index is 0. The summed E-state index contributed by atoms with van der Waals surface area (Å²) in [5.41, 5.74) is -0.0769. The molecule has 2 fully saturated rings. The zero-order valence-corrected chi connectivity index (χ0v) is 17.8. The molecule has 1 saturated carbocycles. The Labute approximate surface area is 164 Å². The summed E-state index contributed by atoms with van der Waals surface area (Å²) < 4.78 is 11.8. The predicted octanol–water partition coefficient (Wildman–Crippen LogP) is 3.47. The second kappa shape index (κ2) is 12.3. The van der Waals surface area contributed by atoms with Crippen LogP contribution in [0.4, 0.5) is 0 Å². The molecule has 1 aliphatic carbocycles. The first-order valence-corrected chi connectivity index (χ1v) is 9.49. The van der Waals surface area contributed by atoms with E-state index in [2.05, 4.69) is 29.5 Å². The lowest BCUT2D eigenvalue weighted by atomic mass is 9.98. The maximum atomic E-state index is 5.96. The predicted molar refractivity (Wildman–Crippen MR) is 110 cm³/mol. The second-order valence-corrected chi connectivity index (χ2v) is 7.01. The normalized spacial score (nSPS) is 25.3. The highest BCUT2D eigenvalue weighted by molar-refractivity contribution is 14.0. The summed E-state index contributed by atoms with van der Waals surface area (Å²) in [5, 5.41) is 6.71. The maximum Gasteiger partial charge on any atom is 0.191 e. The minimum atomic E-state index is -0.0769. The van der Waals surface area contributed by atoms with Gasteiger partial charge >= 0.3 is 0 Å². The highest BCUT2D eigenvalue weighted by Gasteiger charge is 2.29. The van der Waals surface area contributed by atoms with Crippen LogP contribution in [-0.4, -0.2) is 50.5 Å². The molecule has 142 valence electrons. The van der Waals surface area contributed by atoms with Gasteiger partial charge in [-0.15, -0.1) is 24.0 Å². The molecular formula is C18H36IN3O2. The van der Waals surface area contributed by atoms with E-state index in [1.807, 2.05) is 0 Å². The van der Waals surface area contributed by atoms with Crippen molar-refractivity contribution in [2.45, 2.75) is 76.9 Å². The third-order valence-corrected chi connectivity index (χ3v) is 4.74. The van der Waals surface area contributed by atoms with E-state index in [4.69, 9.17) is 9.47 Å². The van der Waals surface area contributed by atoms with E-state index in [1.165, 1.54) is 32.1 Å². The van der Waals surface area contributed by atoms with E-state index in [1.54, 1.807) is 0 Å². The van der Waals surface area contributed by atoms with Crippen molar-refractivity contribution in [2.24, 2.45) is 4.99 Å². The average Bonchev–Trinajstić information content (AvgIpc) is 3.00. The second-order valence-electron chi connectivity index (χ2n) is 7.01. The molecule has 1 saturated heterocycles. The van der Waals surface area contributed by atoms with Gasteiger partial charge in [0.2, 0.25) is 0 Å². The van der Waals surface area contributed by atoms with Gasteiger partial charge < -0.3 is 20.1 Å². The Kier molecular flexibility index (Phi) is 11.3. The molecule has 0 aromatic rings. The van der Waals surface area contributed by atoms with Gasteiger partial charge in [-0.25, -0.2) is 0 Å². The molecule has 5 nitrogen and oxygen atoms in total. The van der Waals surface area contributed by atoms with Gasteiger partial charge in [0.25, 0.3) is 0 Å². The molecule has 24 heavy (non-hydrogen) atoms. The summed E-state index contributed by atoms with van der Waals surface area (Å²) in [6.07, 6.45) is 10.3. The van der Waals surface area contributed by atoms with Crippen molar-refractivity contribution in [3.05, 3.63) is 0 Å². The molecular weight excluding hydrogens is 417 g/mol. The van der Waals surface area contributed by atoms with Crippen LogP contribution in [0.3, 0.4) is 0 Å². The number of nitrogens with one attached hydrogen (secondary N) is 2. The molecule has 2 aliphatic rings. The fourth-order valence-corrected chi connectivity index (χ4v) is 3.31. The molecule has 0 aromatic carbocycles. The molecule has 6 heteroatoms. The van der Waals surface area contributed by atoms with Gasteiger partial charge in [-0.05, 0) is 46.0 Å². The van der Waals surface area contributed by atoms with Crippen molar-refractivity contribution < 1.29 is 9.47 Å². The van der Waals surface area contributed by atoms with Gasteiger partial charge in [-0.2, -0.15) is 0 Å². The summed E-state index contributed by atoms with van der Waals surface area (Å²) in [6, 6.07) is 0. The Morgan fingerprint density at radius 2 is 2.00 bits per heavy atom. The summed E-state index contributed by atoms with van der Waals surface area (Å²) >= 11 is 0. The Morgan fingerprint density at radius 3 is 2.67 bits per heavy atom. The Bertz CT molecular complexity index is 354. The van der Waals surface area contributed by atoms with Crippen LogP contribution in [0.15, 0.2) is 4.99 Å². The van der Waals surface area contributed by atoms with E-state index in [-0.39, 0.29) is 29.6 Å². The topological polar surface area (TPSA) is 54.9 Å². The molecule has 1 unspecified atom stereocenters. The number of hydrogen-bond donors (Lipinski definition) is 2. The summed E-state index contributed by atoms with van der Waals surface area (Å²) in [6.45, 7) is 8.47. The minimum Gasteiger partial charge on any atom is -0.378 e. The number of nitrogens with zero attached hydrogens (tertiary/aromatic N) is 1. The largest absolute Gasteiger partial charge is 0.378 e. The van der Waals surface area contributed by atoms with Crippen molar-refractivity contribution in [1.82, 2.24) is 10.6 Å². The van der Waals surface area contributed by atoms with Crippen LogP contribution in [0, 0.1) is 0 Å². The standard InChI is InChI=1S/C18H35N3O2.HI/c1-3-19-17(21-15-18(2)11-7-14-23-18)20-12-8-13-22-16-9-5-4-6-10-16;/h16H,3-15H2,1-2H3,(H2,19,20,21);1H. The number of rotatable bonds is 8. The molecule has 0 aromatic heterocycles. The van der Waals surface area contributed by atoms with Gasteiger partial charge in [-0.3, -0.25) is 4.99 Å². The fraction of sp³-hybridized carbons (Fsp3) is 0.944. The monoisotopic (exact) mass is 453 g/mol. The molecule has 1 aliphatic heterocycles. The summed E-state index contributed by atoms with van der Waals surface area (Å²) in [4.78, 5) is 4.68. The van der Waals surface area contributed by atoms with Crippen LogP contribution >= 0.6 is 24.0 Å². The zero-order chi connectivity index (χ0) is 16.4. The van der Waals surface area contributed by atoms with Gasteiger partial charge in [0, 0.05) is 26.3 Å². The highest BCUT2D eigenvalue weighted by Crippen LogP contribution is 2.25. The van der Waals surface area contributed by atoms with Gasteiger partial charge in [0.05, 0.1) is 18.2 Å². The summed E-state index contributed by atoms with van der Waals surface area (Å²) in [7, 11) is 0.